The molecule has 3 rings (SSSR count). The molecule has 0 unspecified atom stereocenters. The Morgan fingerprint density at radius 2 is 2.20 bits per heavy atom. The maximum Gasteiger partial charge on any atom is 0.326 e. The molecule has 5 nitrogen and oxygen atoms in total. The van der Waals surface area contributed by atoms with E-state index < -0.39 is 5.69 Å². The van der Waals surface area contributed by atoms with E-state index in [0.29, 0.717) is 10.9 Å². The zero-order valence-electron chi connectivity index (χ0n) is 7.87. The van der Waals surface area contributed by atoms with E-state index in [1.807, 2.05) is 22.5 Å². The molecule has 2 aromatic heterocycles. The molecule has 1 aliphatic heterocycles. The smallest absolute Gasteiger partial charge is 0.326 e. The summed E-state index contributed by atoms with van der Waals surface area (Å²) in [7, 11) is 0. The number of rotatable bonds is 0. The molecule has 0 spiro atoms. The van der Waals surface area contributed by atoms with Gasteiger partial charge in [0.1, 0.15) is 0 Å². The van der Waals surface area contributed by atoms with Crippen LogP contribution in [0.3, 0.4) is 0 Å². The van der Waals surface area contributed by atoms with Gasteiger partial charge in [-0.15, -0.1) is 0 Å². The Hall–Kier alpha value is -1.43. The monoisotopic (exact) mass is 223 g/mol. The second-order valence-corrected chi connectivity index (χ2v) is 4.62. The van der Waals surface area contributed by atoms with Gasteiger partial charge < -0.3 is 9.55 Å². The van der Waals surface area contributed by atoms with Gasteiger partial charge in [-0.2, -0.15) is 11.8 Å². The Morgan fingerprint density at radius 1 is 1.33 bits per heavy atom. The minimum absolute atomic E-state index is 0.305. The van der Waals surface area contributed by atoms with E-state index in [1.165, 1.54) is 0 Å². The molecule has 0 atom stereocenters. The molecule has 0 aliphatic carbocycles. The maximum absolute atomic E-state index is 11.5. The van der Waals surface area contributed by atoms with Crippen LogP contribution in [-0.2, 0) is 12.3 Å². The average molecular weight is 223 g/mol. The summed E-state index contributed by atoms with van der Waals surface area (Å²) >= 11 is 1.81. The van der Waals surface area contributed by atoms with Crippen molar-refractivity contribution in [2.24, 2.45) is 0 Å². The van der Waals surface area contributed by atoms with Crippen molar-refractivity contribution in [3.8, 4) is 0 Å². The zero-order valence-corrected chi connectivity index (χ0v) is 8.69. The van der Waals surface area contributed by atoms with Gasteiger partial charge in [-0.05, 0) is 0 Å². The summed E-state index contributed by atoms with van der Waals surface area (Å²) < 4.78 is 2.05. The van der Waals surface area contributed by atoms with E-state index in [-0.39, 0.29) is 5.56 Å². The molecule has 0 amide bonds. The highest BCUT2D eigenvalue weighted by Gasteiger charge is 2.15. The number of hydrogen-bond acceptors (Lipinski definition) is 3. The summed E-state index contributed by atoms with van der Waals surface area (Å²) in [6, 6.07) is 0. The van der Waals surface area contributed by atoms with Crippen molar-refractivity contribution < 1.29 is 0 Å². The van der Waals surface area contributed by atoms with Crippen LogP contribution in [-0.4, -0.2) is 20.3 Å². The summed E-state index contributed by atoms with van der Waals surface area (Å²) in [4.78, 5) is 27.6. The molecular weight excluding hydrogens is 214 g/mol. The minimum atomic E-state index is -0.433. The Balaban J connectivity index is 2.47. The van der Waals surface area contributed by atoms with Gasteiger partial charge in [-0.1, -0.05) is 0 Å². The molecule has 78 valence electrons. The van der Waals surface area contributed by atoms with Crippen molar-refractivity contribution in [1.82, 2.24) is 14.5 Å². The van der Waals surface area contributed by atoms with Crippen molar-refractivity contribution in [2.75, 3.05) is 5.75 Å². The molecule has 3 heterocycles. The van der Waals surface area contributed by atoms with E-state index in [9.17, 15) is 9.59 Å². The largest absolute Gasteiger partial charge is 0.347 e. The van der Waals surface area contributed by atoms with Crippen molar-refractivity contribution in [3.05, 3.63) is 32.7 Å². The first-order valence-corrected chi connectivity index (χ1v) is 5.83. The number of fused-ring (bicyclic) bond motifs is 3. The maximum atomic E-state index is 11.5. The molecule has 0 saturated carbocycles. The first-order chi connectivity index (χ1) is 7.25. The van der Waals surface area contributed by atoms with Gasteiger partial charge >= 0.3 is 5.69 Å². The Morgan fingerprint density at radius 3 is 3.07 bits per heavy atom. The van der Waals surface area contributed by atoms with E-state index >= 15 is 0 Å². The molecule has 1 aliphatic rings. The number of hydrogen-bond donors (Lipinski definition) is 2. The van der Waals surface area contributed by atoms with Crippen LogP contribution in [0, 0.1) is 0 Å². The molecule has 6 heteroatoms. The van der Waals surface area contributed by atoms with Gasteiger partial charge in [0.25, 0.3) is 5.56 Å². The van der Waals surface area contributed by atoms with Gasteiger partial charge in [0.2, 0.25) is 0 Å². The highest BCUT2D eigenvalue weighted by atomic mass is 32.2. The number of nitrogens with zero attached hydrogens (tertiary/aromatic N) is 1. The molecule has 0 fully saturated rings. The second kappa shape index (κ2) is 3.03. The Labute approximate surface area is 88.5 Å². The first kappa shape index (κ1) is 8.84. The predicted octanol–water partition coefficient (Wildman–Crippen LogP) is 0.265. The molecular formula is C9H9N3O2S. The quantitative estimate of drug-likeness (QED) is 0.673. The number of aromatic nitrogens is 3. The van der Waals surface area contributed by atoms with Crippen LogP contribution in [0.5, 0.6) is 0 Å². The van der Waals surface area contributed by atoms with Crippen LogP contribution < -0.4 is 11.2 Å². The van der Waals surface area contributed by atoms with E-state index in [1.54, 1.807) is 0 Å². The van der Waals surface area contributed by atoms with Crippen molar-refractivity contribution in [2.45, 2.75) is 12.3 Å². The number of nitrogens with one attached hydrogen (secondary N) is 2. The number of H-pyrrole nitrogens is 2. The zero-order chi connectivity index (χ0) is 10.4. The molecule has 2 N–H and O–H groups in total. The summed E-state index contributed by atoms with van der Waals surface area (Å²) in [5, 5.41) is 0.576. The average Bonchev–Trinajstić information content (AvgIpc) is 2.57. The lowest BCUT2D eigenvalue weighted by Gasteiger charge is -2.13. The Kier molecular flexibility index (Phi) is 1.79. The van der Waals surface area contributed by atoms with Gasteiger partial charge in [0.15, 0.2) is 0 Å². The number of thioether (sulfide) groups is 1. The fourth-order valence-electron chi connectivity index (χ4n) is 1.91. The lowest BCUT2D eigenvalue weighted by molar-refractivity contribution is 0.736. The second-order valence-electron chi connectivity index (χ2n) is 3.52. The third-order valence-corrected chi connectivity index (χ3v) is 3.56. The predicted molar refractivity (Wildman–Crippen MR) is 59.3 cm³/mol. The summed E-state index contributed by atoms with van der Waals surface area (Å²) in [6.07, 6.45) is 1.82. The molecule has 0 radical (unpaired) electrons. The van der Waals surface area contributed by atoms with Gasteiger partial charge in [0, 0.05) is 24.2 Å². The summed E-state index contributed by atoms with van der Waals surface area (Å²) in [5.74, 6) is 1.90. The lowest BCUT2D eigenvalue weighted by atomic mass is 10.3. The fraction of sp³-hybridized carbons (Fsp3) is 0.333. The van der Waals surface area contributed by atoms with Crippen LogP contribution >= 0.6 is 11.8 Å². The van der Waals surface area contributed by atoms with Gasteiger partial charge in [-0.25, -0.2) is 4.79 Å². The van der Waals surface area contributed by atoms with Gasteiger partial charge in [-0.3, -0.25) is 9.78 Å². The molecule has 0 saturated heterocycles. The van der Waals surface area contributed by atoms with Crippen LogP contribution in [0.15, 0.2) is 15.8 Å². The van der Waals surface area contributed by atoms with Crippen molar-refractivity contribution in [1.29, 1.82) is 0 Å². The summed E-state index contributed by atoms with van der Waals surface area (Å²) in [5.41, 5.74) is 0.998. The molecule has 15 heavy (non-hydrogen) atoms. The van der Waals surface area contributed by atoms with Crippen LogP contribution in [0.1, 0.15) is 5.69 Å². The van der Waals surface area contributed by atoms with E-state index in [2.05, 4.69) is 9.97 Å². The normalized spacial score (nSPS) is 15.5. The first-order valence-electron chi connectivity index (χ1n) is 4.68. The minimum Gasteiger partial charge on any atom is -0.347 e. The summed E-state index contributed by atoms with van der Waals surface area (Å²) in [6.45, 7) is 0.899. The van der Waals surface area contributed by atoms with Crippen LogP contribution in [0.2, 0.25) is 0 Å². The molecule has 2 aromatic rings. The highest BCUT2D eigenvalue weighted by Crippen LogP contribution is 2.25. The van der Waals surface area contributed by atoms with Crippen LogP contribution in [0.25, 0.3) is 10.9 Å². The highest BCUT2D eigenvalue weighted by molar-refractivity contribution is 7.98. The lowest BCUT2D eigenvalue weighted by Crippen LogP contribution is -2.21. The SMILES string of the molecule is O=c1[nH]c(=O)c2cn3c(c2[nH]1)CSCC3. The third-order valence-electron chi connectivity index (χ3n) is 2.62. The fourth-order valence-corrected chi connectivity index (χ4v) is 2.88. The third kappa shape index (κ3) is 1.25. The van der Waals surface area contributed by atoms with E-state index in [0.717, 1.165) is 23.7 Å². The Bertz CT molecular complexity index is 637. The number of aryl methyl sites for hydroxylation is 1. The molecule has 0 aromatic carbocycles. The van der Waals surface area contributed by atoms with Gasteiger partial charge in [0.05, 0.1) is 16.6 Å². The van der Waals surface area contributed by atoms with Crippen LogP contribution in [0.4, 0.5) is 0 Å². The van der Waals surface area contributed by atoms with Crippen molar-refractivity contribution >= 4 is 22.7 Å². The molecule has 0 bridgehead atoms. The standard InChI is InChI=1S/C9H9N3O2S/c13-8-5-3-12-1-2-15-4-6(12)7(5)10-9(14)11-8/h3H,1-2,4H2,(H2,10,11,13,14). The van der Waals surface area contributed by atoms with E-state index in [4.69, 9.17) is 0 Å². The van der Waals surface area contributed by atoms with Crippen molar-refractivity contribution in [3.63, 3.8) is 0 Å². The number of aromatic amines is 2. The topological polar surface area (TPSA) is 70.7 Å².